The summed E-state index contributed by atoms with van der Waals surface area (Å²) in [5.74, 6) is -2.14. The van der Waals surface area contributed by atoms with Gasteiger partial charge in [0, 0.05) is 0 Å². The first-order chi connectivity index (χ1) is 14.5. The number of amides is 1. The van der Waals surface area contributed by atoms with E-state index >= 15 is 0 Å². The van der Waals surface area contributed by atoms with Gasteiger partial charge in [-0.15, -0.1) is 0 Å². The van der Waals surface area contributed by atoms with Crippen LogP contribution in [0.1, 0.15) is 34.3 Å². The molecule has 0 aliphatic carbocycles. The number of halogens is 3. The van der Waals surface area contributed by atoms with Crippen LogP contribution in [0.15, 0.2) is 55.0 Å². The summed E-state index contributed by atoms with van der Waals surface area (Å²) in [6, 6.07) is 3.97. The van der Waals surface area contributed by atoms with E-state index in [1.807, 2.05) is 36.1 Å². The molecule has 0 saturated carbocycles. The number of hydrogen-bond acceptors (Lipinski definition) is 4. The number of allylic oxidation sites excluding steroid dienone is 3. The third kappa shape index (κ3) is 4.04. The summed E-state index contributed by atoms with van der Waals surface area (Å²) in [7, 11) is 0. The van der Waals surface area contributed by atoms with Gasteiger partial charge in [-0.05, 0) is 0 Å². The Bertz CT molecular complexity index is 1220. The molecule has 8 heteroatoms. The molecule has 154 valence electrons. The Balaban J connectivity index is 1.57. The fraction of sp³-hybridized carbons (Fsp3) is 0.136. The standard InChI is InChI=1S/C22H17F2IN3O2/c1-3-20-28-18-7-15(12(2)6-19(18)30-20)13-4-5-14(9-25-8-13)27-22(29)21-16(23)10-26-11-17(21)24/h4-11H,3H2,1-2H3,(H,27,29)/q-1. The number of carbonyl (C=O) groups is 1. The third-order valence-corrected chi connectivity index (χ3v) is 6.60. The molecule has 1 aliphatic rings. The summed E-state index contributed by atoms with van der Waals surface area (Å²) in [6.07, 6.45) is 5.97. The van der Waals surface area contributed by atoms with E-state index in [4.69, 9.17) is 4.42 Å². The average Bonchev–Trinajstić information content (AvgIpc) is 2.97. The summed E-state index contributed by atoms with van der Waals surface area (Å²) >= 11 is -0.537. The van der Waals surface area contributed by atoms with Gasteiger partial charge in [0.1, 0.15) is 0 Å². The monoisotopic (exact) mass is 520 g/mol. The fourth-order valence-corrected chi connectivity index (χ4v) is 4.91. The zero-order chi connectivity index (χ0) is 21.3. The minimum absolute atomic E-state index is 0.503. The molecule has 1 aromatic carbocycles. The summed E-state index contributed by atoms with van der Waals surface area (Å²) < 4.78 is 37.3. The number of nitrogens with one attached hydrogen (secondary N) is 1. The van der Waals surface area contributed by atoms with E-state index in [0.29, 0.717) is 11.6 Å². The van der Waals surface area contributed by atoms with E-state index in [2.05, 4.69) is 19.4 Å². The Hall–Kier alpha value is -2.88. The Morgan fingerprint density at radius 3 is 2.67 bits per heavy atom. The van der Waals surface area contributed by atoms with Gasteiger partial charge >= 0.3 is 182 Å². The second kappa shape index (κ2) is 8.47. The SMILES string of the molecule is CCc1nc2cc(C3=C[I-]C=C(NC(=O)c4c(F)cncc4F)C=C3)c(C)cc2o1. The summed E-state index contributed by atoms with van der Waals surface area (Å²) in [6.45, 7) is 4.00. The van der Waals surface area contributed by atoms with E-state index < -0.39 is 44.3 Å². The zero-order valence-electron chi connectivity index (χ0n) is 16.2. The normalized spacial score (nSPS) is 14.0. The van der Waals surface area contributed by atoms with Gasteiger partial charge in [0.25, 0.3) is 0 Å². The minimum atomic E-state index is -0.998. The number of hydrogen-bond donors (Lipinski definition) is 1. The molecule has 0 unspecified atom stereocenters. The molecular formula is C22H17F2IN3O2-. The third-order valence-electron chi connectivity index (χ3n) is 4.53. The summed E-state index contributed by atoms with van der Waals surface area (Å²) in [4.78, 5) is 20.2. The Kier molecular flexibility index (Phi) is 5.76. The van der Waals surface area contributed by atoms with Crippen molar-refractivity contribution in [1.29, 1.82) is 0 Å². The number of carbonyl (C=O) groups excluding carboxylic acids is 1. The van der Waals surface area contributed by atoms with E-state index in [1.54, 1.807) is 6.08 Å². The van der Waals surface area contributed by atoms with Gasteiger partial charge in [-0.25, -0.2) is 0 Å². The molecule has 1 aliphatic heterocycles. The van der Waals surface area contributed by atoms with E-state index in [0.717, 1.165) is 46.6 Å². The van der Waals surface area contributed by atoms with Crippen molar-refractivity contribution in [3.63, 3.8) is 0 Å². The van der Waals surface area contributed by atoms with Crippen molar-refractivity contribution in [2.75, 3.05) is 0 Å². The maximum atomic E-state index is 13.8. The molecule has 0 fully saturated rings. The van der Waals surface area contributed by atoms with Crippen LogP contribution in [-0.4, -0.2) is 15.9 Å². The molecule has 0 spiro atoms. The average molecular weight is 520 g/mol. The van der Waals surface area contributed by atoms with Crippen molar-refractivity contribution in [2.45, 2.75) is 20.3 Å². The molecule has 0 radical (unpaired) electrons. The molecule has 5 nitrogen and oxygen atoms in total. The number of aryl methyl sites for hydroxylation is 2. The number of benzene rings is 1. The van der Waals surface area contributed by atoms with Gasteiger partial charge in [-0.1, -0.05) is 0 Å². The Morgan fingerprint density at radius 1 is 1.17 bits per heavy atom. The number of aromatic nitrogens is 2. The van der Waals surface area contributed by atoms with Gasteiger partial charge < -0.3 is 0 Å². The van der Waals surface area contributed by atoms with Crippen molar-refractivity contribution in [3.05, 3.63) is 84.8 Å². The quantitative estimate of drug-likeness (QED) is 0.532. The van der Waals surface area contributed by atoms with Crippen LogP contribution in [0.4, 0.5) is 8.78 Å². The molecule has 3 aromatic rings. The van der Waals surface area contributed by atoms with Gasteiger partial charge in [0.15, 0.2) is 0 Å². The first kappa shape index (κ1) is 20.4. The maximum absolute atomic E-state index is 13.8. The second-order valence-corrected chi connectivity index (χ2v) is 8.58. The predicted molar refractivity (Wildman–Crippen MR) is 105 cm³/mol. The molecule has 2 aromatic heterocycles. The van der Waals surface area contributed by atoms with Crippen LogP contribution in [0.25, 0.3) is 16.7 Å². The van der Waals surface area contributed by atoms with Crippen molar-refractivity contribution in [3.8, 4) is 0 Å². The van der Waals surface area contributed by atoms with Crippen LogP contribution in [0, 0.1) is 18.6 Å². The zero-order valence-corrected chi connectivity index (χ0v) is 18.3. The van der Waals surface area contributed by atoms with E-state index in [9.17, 15) is 13.6 Å². The second-order valence-electron chi connectivity index (χ2n) is 6.62. The van der Waals surface area contributed by atoms with Gasteiger partial charge in [0.2, 0.25) is 0 Å². The fourth-order valence-electron chi connectivity index (χ4n) is 3.04. The van der Waals surface area contributed by atoms with Crippen LogP contribution >= 0.6 is 0 Å². The van der Waals surface area contributed by atoms with Crippen LogP contribution in [0.2, 0.25) is 0 Å². The molecule has 30 heavy (non-hydrogen) atoms. The molecule has 0 saturated heterocycles. The molecule has 3 heterocycles. The van der Waals surface area contributed by atoms with E-state index in [-0.39, 0.29) is 0 Å². The molecule has 0 bridgehead atoms. The Morgan fingerprint density at radius 2 is 1.93 bits per heavy atom. The predicted octanol–water partition coefficient (Wildman–Crippen LogP) is 1.64. The van der Waals surface area contributed by atoms with Crippen LogP contribution in [-0.2, 0) is 6.42 Å². The van der Waals surface area contributed by atoms with E-state index in [1.165, 1.54) is 0 Å². The first-order valence-corrected chi connectivity index (χ1v) is 11.7. The first-order valence-electron chi connectivity index (χ1n) is 9.17. The number of fused-ring (bicyclic) bond motifs is 1. The summed E-state index contributed by atoms with van der Waals surface area (Å²) in [5.41, 5.74) is 4.50. The van der Waals surface area contributed by atoms with Crippen LogP contribution in [0.5, 0.6) is 0 Å². The van der Waals surface area contributed by atoms with Crippen molar-refractivity contribution < 1.29 is 39.2 Å². The molecular weight excluding hydrogens is 503 g/mol. The van der Waals surface area contributed by atoms with Crippen LogP contribution < -0.4 is 26.5 Å². The van der Waals surface area contributed by atoms with Crippen LogP contribution in [0.3, 0.4) is 0 Å². The number of oxazole rings is 1. The van der Waals surface area contributed by atoms with Gasteiger partial charge in [-0.3, -0.25) is 0 Å². The molecule has 4 rings (SSSR count). The van der Waals surface area contributed by atoms with Crippen molar-refractivity contribution in [2.24, 2.45) is 0 Å². The molecule has 1 N–H and O–H groups in total. The Labute approximate surface area is 181 Å². The number of nitrogens with zero attached hydrogens (tertiary/aromatic N) is 2. The van der Waals surface area contributed by atoms with Crippen molar-refractivity contribution >= 4 is 22.6 Å². The number of rotatable bonds is 4. The van der Waals surface area contributed by atoms with Gasteiger partial charge in [-0.2, -0.15) is 0 Å². The molecule has 1 amide bonds. The van der Waals surface area contributed by atoms with Gasteiger partial charge in [0.05, 0.1) is 0 Å². The molecule has 0 atom stereocenters. The van der Waals surface area contributed by atoms with Crippen molar-refractivity contribution in [1.82, 2.24) is 15.3 Å². The topological polar surface area (TPSA) is 68.0 Å². The number of pyridine rings is 1. The summed E-state index contributed by atoms with van der Waals surface area (Å²) in [5, 5.41) is 2.58.